The monoisotopic (exact) mass is 396 g/mol. The number of benzene rings is 1. The van der Waals surface area contributed by atoms with Gasteiger partial charge in [0, 0.05) is 11.5 Å². The number of rotatable bonds is 1. The number of nitrogens with zero attached hydrogens (tertiary/aromatic N) is 2. The third-order valence-electron chi connectivity index (χ3n) is 9.16. The molecule has 0 N–H and O–H groups in total. The van der Waals surface area contributed by atoms with E-state index in [0.29, 0.717) is 6.04 Å². The molecule has 6 aliphatic rings. The highest BCUT2D eigenvalue weighted by atomic mass is 16.5. The van der Waals surface area contributed by atoms with Crippen molar-refractivity contribution >= 4 is 17.7 Å². The van der Waals surface area contributed by atoms with Gasteiger partial charge in [-0.3, -0.25) is 14.6 Å². The van der Waals surface area contributed by atoms with Crippen LogP contribution in [0.4, 0.5) is 10.5 Å². The number of piperidine rings is 1. The fourth-order valence-electron chi connectivity index (χ4n) is 8.59. The Balaban J connectivity index is 1.69. The second-order valence-electron chi connectivity index (χ2n) is 9.65. The van der Waals surface area contributed by atoms with Crippen LogP contribution >= 0.6 is 0 Å². The average molecular weight is 396 g/mol. The zero-order valence-corrected chi connectivity index (χ0v) is 17.1. The number of hydrogen-bond acceptors (Lipinski definition) is 5. The number of fused-ring (bicyclic) bond motifs is 3. The standard InChI is InChI=1S/C23H28N2O4/c1-28-18(26)16-14-21-8-5-12-24-13-11-22(19(21)24)15-6-3-4-7-17(15)25(20(27)29-2)23(16,22)10-9-21/h3-4,6-7,16,19H,5,8-14H2,1-2H3/t16-,19+,21-,22-,23+/m1/s1. The number of carbonyl (C=O) groups excluding carboxylic acids is 2. The van der Waals surface area contributed by atoms with E-state index in [2.05, 4.69) is 17.0 Å². The summed E-state index contributed by atoms with van der Waals surface area (Å²) in [5.74, 6) is -0.491. The number of carbonyl (C=O) groups is 2. The molecule has 29 heavy (non-hydrogen) atoms. The molecule has 6 heteroatoms. The summed E-state index contributed by atoms with van der Waals surface area (Å²) in [6.45, 7) is 2.15. The molecule has 3 heterocycles. The minimum absolute atomic E-state index is 0.134. The maximum Gasteiger partial charge on any atom is 0.414 e. The molecular weight excluding hydrogens is 368 g/mol. The summed E-state index contributed by atoms with van der Waals surface area (Å²) >= 11 is 0. The molecule has 3 aliphatic carbocycles. The van der Waals surface area contributed by atoms with Gasteiger partial charge in [0.15, 0.2) is 0 Å². The molecule has 3 saturated carbocycles. The molecule has 0 aromatic heterocycles. The van der Waals surface area contributed by atoms with Gasteiger partial charge in [-0.25, -0.2) is 4.79 Å². The minimum atomic E-state index is -0.602. The van der Waals surface area contributed by atoms with Crippen molar-refractivity contribution in [3.63, 3.8) is 0 Å². The lowest BCUT2D eigenvalue weighted by Gasteiger charge is -2.69. The second kappa shape index (κ2) is 5.54. The van der Waals surface area contributed by atoms with E-state index < -0.39 is 5.54 Å². The summed E-state index contributed by atoms with van der Waals surface area (Å²) in [6, 6.07) is 8.68. The SMILES string of the molecule is COC(=O)[C@H]1C[C@@]23CCCN4CC[C@@]5(c6ccccc6N(C(=O)OC)[C@@]15CC2)[C@@H]43. The van der Waals surface area contributed by atoms with Gasteiger partial charge in [-0.05, 0) is 68.7 Å². The van der Waals surface area contributed by atoms with E-state index in [0.717, 1.165) is 44.5 Å². The maximum atomic E-state index is 13.2. The van der Waals surface area contributed by atoms with Gasteiger partial charge in [-0.1, -0.05) is 18.2 Å². The first-order chi connectivity index (χ1) is 14.1. The van der Waals surface area contributed by atoms with Crippen molar-refractivity contribution in [1.29, 1.82) is 0 Å². The number of amides is 1. The highest BCUT2D eigenvalue weighted by Gasteiger charge is 2.81. The third kappa shape index (κ3) is 1.72. The Morgan fingerprint density at radius 3 is 2.66 bits per heavy atom. The van der Waals surface area contributed by atoms with Gasteiger partial charge in [-0.15, -0.1) is 0 Å². The van der Waals surface area contributed by atoms with E-state index in [-0.39, 0.29) is 28.8 Å². The van der Waals surface area contributed by atoms with Crippen molar-refractivity contribution in [3.05, 3.63) is 29.8 Å². The summed E-state index contributed by atoms with van der Waals surface area (Å²) in [4.78, 5) is 31.0. The number of ether oxygens (including phenoxy) is 2. The van der Waals surface area contributed by atoms with Gasteiger partial charge >= 0.3 is 12.1 Å². The van der Waals surface area contributed by atoms with Gasteiger partial charge in [0.25, 0.3) is 0 Å². The summed E-state index contributed by atoms with van der Waals surface area (Å²) < 4.78 is 10.7. The predicted octanol–water partition coefficient (Wildman–Crippen LogP) is 3.09. The molecule has 154 valence electrons. The minimum Gasteiger partial charge on any atom is -0.469 e. The Labute approximate surface area is 171 Å². The van der Waals surface area contributed by atoms with Crippen molar-refractivity contribution in [2.45, 2.75) is 55.5 Å². The second-order valence-corrected chi connectivity index (χ2v) is 9.65. The van der Waals surface area contributed by atoms with Gasteiger partial charge < -0.3 is 9.47 Å². The molecule has 2 saturated heterocycles. The molecule has 1 aromatic carbocycles. The van der Waals surface area contributed by atoms with Crippen LogP contribution in [0.3, 0.4) is 0 Å². The molecule has 0 radical (unpaired) electrons. The molecule has 5 fully saturated rings. The van der Waals surface area contributed by atoms with E-state index in [1.54, 1.807) is 0 Å². The van der Waals surface area contributed by atoms with Gasteiger partial charge in [-0.2, -0.15) is 0 Å². The molecule has 3 spiro atoms. The average Bonchev–Trinajstić information content (AvgIpc) is 3.29. The molecule has 1 amide bonds. The van der Waals surface area contributed by atoms with Crippen molar-refractivity contribution < 1.29 is 19.1 Å². The summed E-state index contributed by atoms with van der Waals surface area (Å²) in [6.07, 6.45) is 5.69. The lowest BCUT2D eigenvalue weighted by atomic mass is 9.38. The van der Waals surface area contributed by atoms with E-state index in [1.165, 1.54) is 32.6 Å². The lowest BCUT2D eigenvalue weighted by molar-refractivity contribution is -0.174. The maximum absolute atomic E-state index is 13.2. The van der Waals surface area contributed by atoms with Crippen LogP contribution in [0.2, 0.25) is 0 Å². The van der Waals surface area contributed by atoms with Crippen LogP contribution in [0.1, 0.15) is 44.1 Å². The molecule has 7 rings (SSSR count). The Morgan fingerprint density at radius 2 is 1.86 bits per heavy atom. The fourth-order valence-corrected chi connectivity index (χ4v) is 8.59. The number of hydrogen-bond donors (Lipinski definition) is 0. The Kier molecular flexibility index (Phi) is 3.39. The summed E-state index contributed by atoms with van der Waals surface area (Å²) in [5, 5.41) is 0. The van der Waals surface area contributed by atoms with E-state index >= 15 is 0 Å². The van der Waals surface area contributed by atoms with Crippen LogP contribution < -0.4 is 4.90 Å². The highest BCUT2D eigenvalue weighted by molar-refractivity contribution is 5.97. The summed E-state index contributed by atoms with van der Waals surface area (Å²) in [7, 11) is 2.92. The number of esters is 1. The molecule has 5 atom stereocenters. The molecule has 3 aliphatic heterocycles. The van der Waals surface area contributed by atoms with Crippen molar-refractivity contribution in [2.24, 2.45) is 11.3 Å². The quantitative estimate of drug-likeness (QED) is 0.683. The van der Waals surface area contributed by atoms with Gasteiger partial charge in [0.2, 0.25) is 0 Å². The molecule has 1 aromatic rings. The van der Waals surface area contributed by atoms with E-state index in [4.69, 9.17) is 9.47 Å². The van der Waals surface area contributed by atoms with Crippen LogP contribution in [0, 0.1) is 11.3 Å². The zero-order chi connectivity index (χ0) is 20.0. The lowest BCUT2D eigenvalue weighted by Crippen LogP contribution is -2.79. The van der Waals surface area contributed by atoms with Crippen molar-refractivity contribution in [3.8, 4) is 0 Å². The van der Waals surface area contributed by atoms with E-state index in [9.17, 15) is 9.59 Å². The zero-order valence-electron chi connectivity index (χ0n) is 17.1. The Bertz CT molecular complexity index is 918. The highest BCUT2D eigenvalue weighted by Crippen LogP contribution is 2.75. The largest absolute Gasteiger partial charge is 0.469 e. The summed E-state index contributed by atoms with van der Waals surface area (Å²) in [5.41, 5.74) is 1.47. The molecule has 2 bridgehead atoms. The molecule has 6 nitrogen and oxygen atoms in total. The number of methoxy groups -OCH3 is 2. The Morgan fingerprint density at radius 1 is 1.03 bits per heavy atom. The van der Waals surface area contributed by atoms with Crippen LogP contribution in [0.5, 0.6) is 0 Å². The van der Waals surface area contributed by atoms with Gasteiger partial charge in [0.1, 0.15) is 0 Å². The number of anilines is 1. The first-order valence-corrected chi connectivity index (χ1v) is 10.9. The van der Waals surface area contributed by atoms with Crippen molar-refractivity contribution in [1.82, 2.24) is 4.90 Å². The first-order valence-electron chi connectivity index (χ1n) is 10.9. The number of para-hydroxylation sites is 1. The molecule has 0 unspecified atom stereocenters. The van der Waals surface area contributed by atoms with Crippen LogP contribution in [-0.4, -0.2) is 55.9 Å². The predicted molar refractivity (Wildman–Crippen MR) is 107 cm³/mol. The van der Waals surface area contributed by atoms with Gasteiger partial charge in [0.05, 0.1) is 31.4 Å². The van der Waals surface area contributed by atoms with E-state index in [1.807, 2.05) is 17.0 Å². The van der Waals surface area contributed by atoms with Crippen LogP contribution in [-0.2, 0) is 19.7 Å². The van der Waals surface area contributed by atoms with Crippen LogP contribution in [0.15, 0.2) is 24.3 Å². The van der Waals surface area contributed by atoms with Crippen LogP contribution in [0.25, 0.3) is 0 Å². The topological polar surface area (TPSA) is 59.1 Å². The fraction of sp³-hybridized carbons (Fsp3) is 0.652. The third-order valence-corrected chi connectivity index (χ3v) is 9.16. The molecular formula is C23H28N2O4. The smallest absolute Gasteiger partial charge is 0.414 e. The Hall–Kier alpha value is -2.08. The van der Waals surface area contributed by atoms with Crippen molar-refractivity contribution in [2.75, 3.05) is 32.2 Å². The normalized spacial score (nSPS) is 41.5. The first kappa shape index (κ1) is 17.8.